The predicted octanol–water partition coefficient (Wildman–Crippen LogP) is 4.05. The van der Waals surface area contributed by atoms with Crippen LogP contribution in [0.4, 0.5) is 5.69 Å². The maximum Gasteiger partial charge on any atom is 0.262 e. The monoisotopic (exact) mass is 423 g/mol. The minimum Gasteiger partial charge on any atom is -0.346 e. The van der Waals surface area contributed by atoms with Gasteiger partial charge in [0.15, 0.2) is 0 Å². The van der Waals surface area contributed by atoms with Crippen molar-refractivity contribution in [1.82, 2.24) is 10.3 Å². The molecule has 156 valence electrons. The third-order valence-electron chi connectivity index (χ3n) is 5.14. The van der Waals surface area contributed by atoms with Gasteiger partial charge in [0.1, 0.15) is 0 Å². The maximum atomic E-state index is 13.2. The number of nitrogens with one attached hydrogen (secondary N) is 2. The van der Waals surface area contributed by atoms with Gasteiger partial charge in [-0.2, -0.15) is 0 Å². The summed E-state index contributed by atoms with van der Waals surface area (Å²) in [6.45, 7) is 7.61. The summed E-state index contributed by atoms with van der Waals surface area (Å²) in [7, 11) is -3.89. The molecule has 0 saturated carbocycles. The van der Waals surface area contributed by atoms with Crippen molar-refractivity contribution in [2.45, 2.75) is 39.1 Å². The maximum absolute atomic E-state index is 13.2. The molecule has 0 bridgehead atoms. The van der Waals surface area contributed by atoms with Crippen LogP contribution in [0.25, 0.3) is 0 Å². The second kappa shape index (κ2) is 8.67. The van der Waals surface area contributed by atoms with E-state index < -0.39 is 10.0 Å². The lowest BCUT2D eigenvalue weighted by Gasteiger charge is -2.18. The van der Waals surface area contributed by atoms with E-state index in [0.29, 0.717) is 16.8 Å². The Morgan fingerprint density at radius 1 is 0.933 bits per heavy atom. The Balaban J connectivity index is 1.90. The molecule has 6 nitrogen and oxygen atoms in total. The van der Waals surface area contributed by atoms with E-state index in [-0.39, 0.29) is 28.6 Å². The van der Waals surface area contributed by atoms with Crippen molar-refractivity contribution in [3.8, 4) is 0 Å². The fourth-order valence-electron chi connectivity index (χ4n) is 3.32. The average Bonchev–Trinajstić information content (AvgIpc) is 2.71. The Kier molecular flexibility index (Phi) is 6.22. The van der Waals surface area contributed by atoms with Gasteiger partial charge in [0.25, 0.3) is 15.9 Å². The number of carbonyl (C=O) groups is 1. The van der Waals surface area contributed by atoms with Gasteiger partial charge in [-0.3, -0.25) is 14.5 Å². The van der Waals surface area contributed by atoms with Gasteiger partial charge < -0.3 is 5.32 Å². The van der Waals surface area contributed by atoms with Gasteiger partial charge in [-0.1, -0.05) is 24.3 Å². The number of anilines is 1. The molecule has 0 atom stereocenters. The van der Waals surface area contributed by atoms with E-state index in [2.05, 4.69) is 15.0 Å². The first kappa shape index (κ1) is 21.5. The zero-order valence-corrected chi connectivity index (χ0v) is 18.3. The molecule has 0 aliphatic heterocycles. The molecule has 3 rings (SSSR count). The van der Waals surface area contributed by atoms with Crippen LogP contribution in [0.15, 0.2) is 59.6 Å². The molecule has 0 saturated heterocycles. The number of aryl methyl sites for hydroxylation is 2. The topological polar surface area (TPSA) is 88.2 Å². The number of hydrogen-bond acceptors (Lipinski definition) is 4. The molecule has 0 radical (unpaired) electrons. The normalized spacial score (nSPS) is 11.2. The predicted molar refractivity (Wildman–Crippen MR) is 118 cm³/mol. The van der Waals surface area contributed by atoms with Crippen LogP contribution in [0.5, 0.6) is 0 Å². The number of pyridine rings is 1. The molecule has 0 aliphatic rings. The van der Waals surface area contributed by atoms with Gasteiger partial charge in [0.2, 0.25) is 0 Å². The first-order valence-corrected chi connectivity index (χ1v) is 11.1. The Bertz CT molecular complexity index is 1160. The molecule has 0 unspecified atom stereocenters. The lowest BCUT2D eigenvalue weighted by atomic mass is 10.0. The summed E-state index contributed by atoms with van der Waals surface area (Å²) in [6.07, 6.45) is 1.65. The molecule has 7 heteroatoms. The van der Waals surface area contributed by atoms with Crippen molar-refractivity contribution in [1.29, 1.82) is 0 Å². The van der Waals surface area contributed by atoms with Crippen LogP contribution in [0.3, 0.4) is 0 Å². The van der Waals surface area contributed by atoms with E-state index >= 15 is 0 Å². The summed E-state index contributed by atoms with van der Waals surface area (Å²) >= 11 is 0. The molecule has 0 spiro atoms. The van der Waals surface area contributed by atoms with Crippen molar-refractivity contribution in [3.63, 3.8) is 0 Å². The van der Waals surface area contributed by atoms with Gasteiger partial charge in [-0.25, -0.2) is 8.42 Å². The Hall–Kier alpha value is -3.19. The highest BCUT2D eigenvalue weighted by atomic mass is 32.2. The quantitative estimate of drug-likeness (QED) is 0.626. The molecule has 0 fully saturated rings. The Morgan fingerprint density at radius 2 is 1.57 bits per heavy atom. The highest BCUT2D eigenvalue weighted by Gasteiger charge is 2.24. The van der Waals surface area contributed by atoms with Crippen molar-refractivity contribution in [2.24, 2.45) is 0 Å². The average molecular weight is 424 g/mol. The van der Waals surface area contributed by atoms with E-state index in [1.807, 2.05) is 26.0 Å². The van der Waals surface area contributed by atoms with E-state index in [4.69, 9.17) is 0 Å². The number of hydrogen-bond donors (Lipinski definition) is 2. The smallest absolute Gasteiger partial charge is 0.262 e. The first-order chi connectivity index (χ1) is 14.2. The van der Waals surface area contributed by atoms with Gasteiger partial charge in [0.05, 0.1) is 28.4 Å². The molecule has 0 aliphatic carbocycles. The summed E-state index contributed by atoms with van der Waals surface area (Å²) in [6, 6.07) is 14.0. The van der Waals surface area contributed by atoms with Crippen molar-refractivity contribution in [3.05, 3.63) is 88.2 Å². The van der Waals surface area contributed by atoms with Gasteiger partial charge in [-0.05, 0) is 74.2 Å². The van der Waals surface area contributed by atoms with Gasteiger partial charge >= 0.3 is 0 Å². The lowest BCUT2D eigenvalue weighted by molar-refractivity contribution is 0.0951. The van der Waals surface area contributed by atoms with Crippen LogP contribution in [0, 0.1) is 27.7 Å². The third kappa shape index (κ3) is 4.52. The van der Waals surface area contributed by atoms with Crippen molar-refractivity contribution >= 4 is 21.6 Å². The number of para-hydroxylation sites is 1. The molecule has 2 aromatic carbocycles. The van der Waals surface area contributed by atoms with E-state index in [0.717, 1.165) is 11.1 Å². The molecular weight excluding hydrogens is 398 g/mol. The molecule has 1 aromatic heterocycles. The van der Waals surface area contributed by atoms with Crippen LogP contribution in [-0.4, -0.2) is 19.3 Å². The number of benzene rings is 2. The minimum atomic E-state index is -3.89. The Labute approximate surface area is 177 Å². The first-order valence-electron chi connectivity index (χ1n) is 9.58. The number of rotatable bonds is 6. The molecule has 1 heterocycles. The number of nitrogens with zero attached hydrogens (tertiary/aromatic N) is 1. The number of amides is 1. The molecular formula is C23H25N3O3S. The van der Waals surface area contributed by atoms with Crippen molar-refractivity contribution in [2.75, 3.05) is 4.72 Å². The summed E-state index contributed by atoms with van der Waals surface area (Å²) in [5, 5.41) is 2.79. The standard InChI is InChI=1S/C23H25N3O3S/c1-15-13-16(2)18(4)22(17(15)3)30(28,29)26-21-11-6-5-10-20(21)23(27)25-14-19-9-7-8-12-24-19/h5-13,26H,14H2,1-4H3,(H,25,27). The Morgan fingerprint density at radius 3 is 2.20 bits per heavy atom. The van der Waals surface area contributed by atoms with Gasteiger partial charge in [0, 0.05) is 6.20 Å². The number of aromatic nitrogens is 1. The molecule has 30 heavy (non-hydrogen) atoms. The van der Waals surface area contributed by atoms with Gasteiger partial charge in [-0.15, -0.1) is 0 Å². The van der Waals surface area contributed by atoms with Crippen LogP contribution in [0.2, 0.25) is 0 Å². The highest BCUT2D eigenvalue weighted by molar-refractivity contribution is 7.92. The van der Waals surface area contributed by atoms with Crippen LogP contribution < -0.4 is 10.0 Å². The van der Waals surface area contributed by atoms with E-state index in [9.17, 15) is 13.2 Å². The van der Waals surface area contributed by atoms with Crippen LogP contribution in [-0.2, 0) is 16.6 Å². The largest absolute Gasteiger partial charge is 0.346 e. The molecule has 2 N–H and O–H groups in total. The zero-order valence-electron chi connectivity index (χ0n) is 17.5. The lowest BCUT2D eigenvalue weighted by Crippen LogP contribution is -2.25. The fraction of sp³-hybridized carbons (Fsp3) is 0.217. The van der Waals surface area contributed by atoms with Crippen molar-refractivity contribution < 1.29 is 13.2 Å². The second-order valence-corrected chi connectivity index (χ2v) is 8.86. The van der Waals surface area contributed by atoms with Crippen LogP contribution in [0.1, 0.15) is 38.3 Å². The minimum absolute atomic E-state index is 0.231. The number of carbonyl (C=O) groups excluding carboxylic acids is 1. The van der Waals surface area contributed by atoms with Crippen LogP contribution >= 0.6 is 0 Å². The fourth-order valence-corrected chi connectivity index (χ4v) is 5.02. The summed E-state index contributed by atoms with van der Waals surface area (Å²) in [5.74, 6) is -0.382. The molecule has 3 aromatic rings. The van der Waals surface area contributed by atoms with E-state index in [1.54, 1.807) is 56.4 Å². The van der Waals surface area contributed by atoms with E-state index in [1.165, 1.54) is 0 Å². The third-order valence-corrected chi connectivity index (χ3v) is 6.78. The SMILES string of the molecule is Cc1cc(C)c(C)c(S(=O)(=O)Nc2ccccc2C(=O)NCc2ccccn2)c1C. The highest BCUT2D eigenvalue weighted by Crippen LogP contribution is 2.28. The second-order valence-electron chi connectivity index (χ2n) is 7.24. The summed E-state index contributed by atoms with van der Waals surface area (Å²) < 4.78 is 29.1. The summed E-state index contributed by atoms with van der Waals surface area (Å²) in [4.78, 5) is 17.2. The molecule has 1 amide bonds. The summed E-state index contributed by atoms with van der Waals surface area (Å²) in [5.41, 5.74) is 4.39. The number of sulfonamides is 1. The zero-order chi connectivity index (χ0) is 21.9.